The summed E-state index contributed by atoms with van der Waals surface area (Å²) in [4.78, 5) is 10.1. The van der Waals surface area contributed by atoms with Crippen molar-refractivity contribution in [2.45, 2.75) is 30.7 Å². The van der Waals surface area contributed by atoms with E-state index >= 15 is 0 Å². The van der Waals surface area contributed by atoms with Crippen LogP contribution in [0.4, 0.5) is 0 Å². The van der Waals surface area contributed by atoms with Crippen LogP contribution in [0.15, 0.2) is 0 Å². The zero-order valence-electron chi connectivity index (χ0n) is 9.22. The zero-order valence-corrected chi connectivity index (χ0v) is 12.3. The Morgan fingerprint density at radius 3 is 2.29 bits per heavy atom. The molecule has 5 atom stereocenters. The summed E-state index contributed by atoms with van der Waals surface area (Å²) in [6.45, 7) is -1.43. The van der Waals surface area contributed by atoms with Crippen LogP contribution in [0.2, 0.25) is 0 Å². The SMILES string of the molecule is O=C([O-])COC1OC(CO)[C@H](O)[C@H](O)C1O.[K+]. The number of carbonyl (C=O) groups is 1. The second kappa shape index (κ2) is 8.12. The van der Waals surface area contributed by atoms with Crippen LogP contribution in [0.3, 0.4) is 0 Å². The van der Waals surface area contributed by atoms with E-state index in [1.54, 1.807) is 0 Å². The van der Waals surface area contributed by atoms with Gasteiger partial charge in [-0.1, -0.05) is 0 Å². The molecule has 1 aliphatic rings. The van der Waals surface area contributed by atoms with E-state index in [9.17, 15) is 25.2 Å². The van der Waals surface area contributed by atoms with Crippen molar-refractivity contribution < 1.29 is 91.2 Å². The molecule has 8 nitrogen and oxygen atoms in total. The average Bonchev–Trinajstić information content (AvgIpc) is 2.25. The van der Waals surface area contributed by atoms with Crippen LogP contribution < -0.4 is 56.5 Å². The maximum atomic E-state index is 10.1. The number of aliphatic carboxylic acids is 1. The Bertz CT molecular complexity index is 248. The Morgan fingerprint density at radius 1 is 1.24 bits per heavy atom. The summed E-state index contributed by atoms with van der Waals surface area (Å²) in [5.41, 5.74) is 0. The van der Waals surface area contributed by atoms with Crippen molar-refractivity contribution in [3.8, 4) is 0 Å². The standard InChI is InChI=1S/C8H14O8.K/c9-1-3-5(12)6(13)7(14)8(16-3)15-2-4(10)11;/h3,5-9,12-14H,1-2H2,(H,10,11);/q;+1/p-1/t3?,5-,6-,7?,8?;/m0./s1. The van der Waals surface area contributed by atoms with Gasteiger partial charge in [-0.15, -0.1) is 0 Å². The van der Waals surface area contributed by atoms with Crippen LogP contribution in [0, 0.1) is 0 Å². The number of rotatable bonds is 4. The number of carboxylic acid groups (broad SMARTS) is 1. The fourth-order valence-corrected chi connectivity index (χ4v) is 1.36. The predicted octanol–water partition coefficient (Wildman–Crippen LogP) is -7.44. The minimum Gasteiger partial charge on any atom is -0.548 e. The van der Waals surface area contributed by atoms with E-state index in [1.165, 1.54) is 0 Å². The van der Waals surface area contributed by atoms with Crippen LogP contribution in [-0.4, -0.2) is 70.3 Å². The van der Waals surface area contributed by atoms with E-state index < -0.39 is 49.9 Å². The van der Waals surface area contributed by atoms with E-state index in [1.807, 2.05) is 0 Å². The maximum absolute atomic E-state index is 10.1. The molecule has 1 saturated heterocycles. The van der Waals surface area contributed by atoms with Crippen molar-refractivity contribution in [1.82, 2.24) is 0 Å². The van der Waals surface area contributed by atoms with Gasteiger partial charge in [0.25, 0.3) is 0 Å². The largest absolute Gasteiger partial charge is 1.00 e. The molecule has 1 rings (SSSR count). The van der Waals surface area contributed by atoms with Gasteiger partial charge in [0.15, 0.2) is 6.29 Å². The fourth-order valence-electron chi connectivity index (χ4n) is 1.36. The predicted molar refractivity (Wildman–Crippen MR) is 44.7 cm³/mol. The van der Waals surface area contributed by atoms with Crippen molar-refractivity contribution in [2.75, 3.05) is 13.2 Å². The first kappa shape index (κ1) is 17.9. The summed E-state index contributed by atoms with van der Waals surface area (Å²) in [5.74, 6) is -1.52. The van der Waals surface area contributed by atoms with Crippen molar-refractivity contribution in [3.63, 3.8) is 0 Å². The number of hydrogen-bond acceptors (Lipinski definition) is 8. The van der Waals surface area contributed by atoms with Gasteiger partial charge in [0.05, 0.1) is 19.2 Å². The number of hydrogen-bond donors (Lipinski definition) is 4. The van der Waals surface area contributed by atoms with Gasteiger partial charge in [-0.3, -0.25) is 0 Å². The molecule has 1 fully saturated rings. The summed E-state index contributed by atoms with van der Waals surface area (Å²) in [6.07, 6.45) is -7.24. The first-order valence-electron chi connectivity index (χ1n) is 4.59. The minimum atomic E-state index is -1.60. The molecule has 0 aromatic carbocycles. The molecule has 94 valence electrons. The number of carboxylic acids is 1. The molecule has 17 heavy (non-hydrogen) atoms. The molecule has 0 aromatic rings. The number of ether oxygens (including phenoxy) is 2. The molecular weight excluding hydrogens is 263 g/mol. The molecule has 9 heteroatoms. The van der Waals surface area contributed by atoms with E-state index in [2.05, 4.69) is 4.74 Å². The summed E-state index contributed by atoms with van der Waals surface area (Å²) < 4.78 is 9.45. The second-order valence-electron chi connectivity index (χ2n) is 3.38. The summed E-state index contributed by atoms with van der Waals surface area (Å²) in [7, 11) is 0. The number of aliphatic hydroxyl groups is 4. The molecule has 3 unspecified atom stereocenters. The third kappa shape index (κ3) is 4.80. The van der Waals surface area contributed by atoms with Crippen LogP contribution in [0.5, 0.6) is 0 Å². The smallest absolute Gasteiger partial charge is 0.548 e. The molecular formula is C8H13KO8. The number of aliphatic hydroxyl groups excluding tert-OH is 4. The van der Waals surface area contributed by atoms with Gasteiger partial charge in [-0.05, 0) is 0 Å². The molecule has 0 amide bonds. The quantitative estimate of drug-likeness (QED) is 0.371. The van der Waals surface area contributed by atoms with Crippen molar-refractivity contribution in [1.29, 1.82) is 0 Å². The Morgan fingerprint density at radius 2 is 1.82 bits per heavy atom. The van der Waals surface area contributed by atoms with Crippen molar-refractivity contribution in [3.05, 3.63) is 0 Å². The minimum absolute atomic E-state index is 0. The molecule has 1 heterocycles. The third-order valence-corrected chi connectivity index (χ3v) is 2.21. The van der Waals surface area contributed by atoms with Gasteiger partial charge >= 0.3 is 51.4 Å². The van der Waals surface area contributed by atoms with Gasteiger partial charge in [0, 0.05) is 0 Å². The monoisotopic (exact) mass is 276 g/mol. The second-order valence-corrected chi connectivity index (χ2v) is 3.38. The Kier molecular flexibility index (Phi) is 8.53. The first-order valence-corrected chi connectivity index (χ1v) is 4.59. The Balaban J connectivity index is 0.00000256. The summed E-state index contributed by atoms with van der Waals surface area (Å²) in [6, 6.07) is 0. The van der Waals surface area contributed by atoms with Crippen LogP contribution in [0.1, 0.15) is 0 Å². The van der Waals surface area contributed by atoms with E-state index in [0.29, 0.717) is 0 Å². The van der Waals surface area contributed by atoms with Crippen LogP contribution in [0.25, 0.3) is 0 Å². The van der Waals surface area contributed by atoms with Crippen molar-refractivity contribution in [2.24, 2.45) is 0 Å². The molecule has 0 spiro atoms. The van der Waals surface area contributed by atoms with Crippen LogP contribution in [-0.2, 0) is 14.3 Å². The molecule has 0 aliphatic carbocycles. The zero-order chi connectivity index (χ0) is 12.3. The van der Waals surface area contributed by atoms with Crippen molar-refractivity contribution >= 4 is 5.97 Å². The molecule has 0 aromatic heterocycles. The topological polar surface area (TPSA) is 140 Å². The fraction of sp³-hybridized carbons (Fsp3) is 0.875. The normalized spacial score (nSPS) is 37.3. The number of carbonyl (C=O) groups excluding carboxylic acids is 1. The van der Waals surface area contributed by atoms with Gasteiger partial charge in [-0.2, -0.15) is 0 Å². The van der Waals surface area contributed by atoms with Gasteiger partial charge in [-0.25, -0.2) is 0 Å². The van der Waals surface area contributed by atoms with E-state index in [-0.39, 0.29) is 51.4 Å². The molecule has 1 aliphatic heterocycles. The van der Waals surface area contributed by atoms with E-state index in [4.69, 9.17) is 9.84 Å². The molecule has 0 radical (unpaired) electrons. The first-order chi connectivity index (χ1) is 7.47. The van der Waals surface area contributed by atoms with Crippen LogP contribution >= 0.6 is 0 Å². The van der Waals surface area contributed by atoms with Gasteiger partial charge < -0.3 is 39.8 Å². The van der Waals surface area contributed by atoms with E-state index in [0.717, 1.165) is 0 Å². The third-order valence-electron chi connectivity index (χ3n) is 2.21. The Labute approximate surface area is 140 Å². The summed E-state index contributed by atoms with van der Waals surface area (Å²) in [5, 5.41) is 47.0. The molecule has 0 bridgehead atoms. The van der Waals surface area contributed by atoms with Gasteiger partial charge in [0.1, 0.15) is 24.4 Å². The molecule has 0 saturated carbocycles. The van der Waals surface area contributed by atoms with Gasteiger partial charge in [0.2, 0.25) is 0 Å². The Hall–Kier alpha value is 0.866. The average molecular weight is 276 g/mol. The summed E-state index contributed by atoms with van der Waals surface area (Å²) >= 11 is 0. The maximum Gasteiger partial charge on any atom is 1.00 e. The molecule has 4 N–H and O–H groups in total.